The molecule has 1 aliphatic rings. The Bertz CT molecular complexity index is 1190. The quantitative estimate of drug-likeness (QED) is 0.548. The van der Waals surface area contributed by atoms with Crippen LogP contribution in [-0.2, 0) is 23.1 Å². The van der Waals surface area contributed by atoms with Crippen LogP contribution >= 0.6 is 0 Å². The molecule has 0 saturated carbocycles. The van der Waals surface area contributed by atoms with Crippen LogP contribution in [0.3, 0.4) is 0 Å². The maximum atomic E-state index is 12.8. The maximum absolute atomic E-state index is 12.8. The van der Waals surface area contributed by atoms with Crippen LogP contribution in [0.15, 0.2) is 83.8 Å². The molecule has 1 fully saturated rings. The largest absolute Gasteiger partial charge is 0.348 e. The van der Waals surface area contributed by atoms with Crippen LogP contribution in [0, 0.1) is 0 Å². The molecule has 0 bridgehead atoms. The molecule has 0 spiro atoms. The first-order valence-corrected chi connectivity index (χ1v) is 12.6. The number of nitrogens with one attached hydrogen (secondary N) is 1. The number of likely N-dealkylation sites (tertiary alicyclic amines) is 1. The zero-order valence-electron chi connectivity index (χ0n) is 18.8. The fourth-order valence-electron chi connectivity index (χ4n) is 4.03. The second kappa shape index (κ2) is 10.2. The summed E-state index contributed by atoms with van der Waals surface area (Å²) in [6.45, 7) is 3.69. The molecule has 4 rings (SSSR count). The summed E-state index contributed by atoms with van der Waals surface area (Å²) in [6, 6.07) is 23.2. The lowest BCUT2D eigenvalue weighted by Crippen LogP contribution is -2.27. The number of hydrogen-bond donors (Lipinski definition) is 1. The Hall–Kier alpha value is -3.16. The number of amides is 1. The molecule has 0 aliphatic carbocycles. The van der Waals surface area contributed by atoms with Crippen molar-refractivity contribution >= 4 is 21.6 Å². The van der Waals surface area contributed by atoms with Gasteiger partial charge in [-0.3, -0.25) is 14.0 Å². The number of benzene rings is 3. The average Bonchev–Trinajstić information content (AvgIpc) is 3.36. The summed E-state index contributed by atoms with van der Waals surface area (Å²) in [4.78, 5) is 15.3. The van der Waals surface area contributed by atoms with Crippen molar-refractivity contribution in [2.45, 2.75) is 30.8 Å². The first kappa shape index (κ1) is 23.0. The van der Waals surface area contributed by atoms with Crippen LogP contribution < -0.4 is 9.62 Å². The summed E-state index contributed by atoms with van der Waals surface area (Å²) in [6.07, 6.45) is 2.53. The Balaban J connectivity index is 1.37. The van der Waals surface area contributed by atoms with Crippen LogP contribution in [0.4, 0.5) is 5.69 Å². The van der Waals surface area contributed by atoms with E-state index in [1.807, 2.05) is 12.1 Å². The highest BCUT2D eigenvalue weighted by atomic mass is 32.2. The highest BCUT2D eigenvalue weighted by Crippen LogP contribution is 2.22. The van der Waals surface area contributed by atoms with Crippen molar-refractivity contribution in [3.8, 4) is 0 Å². The van der Waals surface area contributed by atoms with Crippen molar-refractivity contribution in [1.82, 2.24) is 10.2 Å². The standard InChI is InChI=1S/C26H29N3O3S/c1-28(33(31,32)25-10-3-2-4-11-25)24-14-12-23(13-15-24)26(30)27-19-21-8-7-9-22(18-21)20-29-16-5-6-17-29/h2-4,7-15,18H,5-6,16-17,19-20H2,1H3,(H,27,30). The van der Waals surface area contributed by atoms with Crippen LogP contribution in [0.1, 0.15) is 34.3 Å². The monoisotopic (exact) mass is 463 g/mol. The molecule has 1 amide bonds. The summed E-state index contributed by atoms with van der Waals surface area (Å²) >= 11 is 0. The molecule has 3 aromatic rings. The number of carbonyl (C=O) groups excluding carboxylic acids is 1. The highest BCUT2D eigenvalue weighted by molar-refractivity contribution is 7.92. The molecule has 1 saturated heterocycles. The number of hydrogen-bond acceptors (Lipinski definition) is 4. The van der Waals surface area contributed by atoms with Crippen LogP contribution in [-0.4, -0.2) is 39.4 Å². The molecule has 0 unspecified atom stereocenters. The molecule has 172 valence electrons. The van der Waals surface area contributed by atoms with Gasteiger partial charge in [0.25, 0.3) is 15.9 Å². The fraction of sp³-hybridized carbons (Fsp3) is 0.269. The summed E-state index contributed by atoms with van der Waals surface area (Å²) < 4.78 is 26.8. The van der Waals surface area contributed by atoms with Crippen molar-refractivity contribution in [3.05, 3.63) is 95.6 Å². The molecule has 6 nitrogen and oxygen atoms in total. The maximum Gasteiger partial charge on any atom is 0.264 e. The zero-order chi connectivity index (χ0) is 23.3. The Morgan fingerprint density at radius 1 is 0.909 bits per heavy atom. The minimum atomic E-state index is -3.66. The van der Waals surface area contributed by atoms with Crippen molar-refractivity contribution in [1.29, 1.82) is 0 Å². The lowest BCUT2D eigenvalue weighted by atomic mass is 10.1. The van der Waals surface area contributed by atoms with E-state index in [9.17, 15) is 13.2 Å². The van der Waals surface area contributed by atoms with E-state index in [4.69, 9.17) is 0 Å². The SMILES string of the molecule is CN(c1ccc(C(=O)NCc2cccc(CN3CCCC3)c2)cc1)S(=O)(=O)c1ccccc1. The van der Waals surface area contributed by atoms with Gasteiger partial charge in [-0.25, -0.2) is 8.42 Å². The highest BCUT2D eigenvalue weighted by Gasteiger charge is 2.21. The van der Waals surface area contributed by atoms with Crippen LogP contribution in [0.25, 0.3) is 0 Å². The smallest absolute Gasteiger partial charge is 0.264 e. The predicted octanol–water partition coefficient (Wildman–Crippen LogP) is 4.04. The van der Waals surface area contributed by atoms with Crippen LogP contribution in [0.5, 0.6) is 0 Å². The predicted molar refractivity (Wildman–Crippen MR) is 131 cm³/mol. The minimum Gasteiger partial charge on any atom is -0.348 e. The van der Waals surface area contributed by atoms with E-state index in [-0.39, 0.29) is 10.8 Å². The lowest BCUT2D eigenvalue weighted by Gasteiger charge is -2.19. The summed E-state index contributed by atoms with van der Waals surface area (Å²) in [5.74, 6) is -0.194. The number of nitrogens with zero attached hydrogens (tertiary/aromatic N) is 2. The van der Waals surface area contributed by atoms with Gasteiger partial charge in [-0.15, -0.1) is 0 Å². The van der Waals surface area contributed by atoms with Crippen molar-refractivity contribution < 1.29 is 13.2 Å². The van der Waals surface area contributed by atoms with E-state index in [0.29, 0.717) is 17.8 Å². The third kappa shape index (κ3) is 5.61. The van der Waals surface area contributed by atoms with Gasteiger partial charge in [-0.2, -0.15) is 0 Å². The van der Waals surface area contributed by atoms with E-state index in [2.05, 4.69) is 22.3 Å². The van der Waals surface area contributed by atoms with Gasteiger partial charge in [0.15, 0.2) is 0 Å². The first-order chi connectivity index (χ1) is 15.9. The van der Waals surface area contributed by atoms with Gasteiger partial charge in [-0.1, -0.05) is 42.5 Å². The third-order valence-corrected chi connectivity index (χ3v) is 7.74. The molecule has 7 heteroatoms. The topological polar surface area (TPSA) is 69.7 Å². The molecule has 3 aromatic carbocycles. The van der Waals surface area contributed by atoms with Gasteiger partial charge in [-0.05, 0) is 73.5 Å². The Labute approximate surface area is 195 Å². The van der Waals surface area contributed by atoms with Crippen molar-refractivity contribution in [2.75, 3.05) is 24.4 Å². The molecule has 0 atom stereocenters. The summed E-state index contributed by atoms with van der Waals surface area (Å²) in [5, 5.41) is 2.96. The second-order valence-corrected chi connectivity index (χ2v) is 10.3. The second-order valence-electron chi connectivity index (χ2n) is 8.32. The average molecular weight is 464 g/mol. The number of carbonyl (C=O) groups is 1. The van der Waals surface area contributed by atoms with E-state index < -0.39 is 10.0 Å². The molecular formula is C26H29N3O3S. The number of rotatable bonds is 8. The van der Waals surface area contributed by atoms with Gasteiger partial charge < -0.3 is 5.32 Å². The van der Waals surface area contributed by atoms with Gasteiger partial charge in [0.1, 0.15) is 0 Å². The Morgan fingerprint density at radius 2 is 1.58 bits per heavy atom. The number of sulfonamides is 1. The lowest BCUT2D eigenvalue weighted by molar-refractivity contribution is 0.0951. The molecule has 1 heterocycles. The molecule has 1 aliphatic heterocycles. The van der Waals surface area contributed by atoms with Gasteiger partial charge in [0, 0.05) is 25.7 Å². The van der Waals surface area contributed by atoms with Gasteiger partial charge >= 0.3 is 0 Å². The third-order valence-electron chi connectivity index (χ3n) is 5.94. The first-order valence-electron chi connectivity index (χ1n) is 11.2. The van der Waals surface area contributed by atoms with E-state index in [0.717, 1.165) is 25.2 Å². The molecule has 0 radical (unpaired) electrons. The molecule has 33 heavy (non-hydrogen) atoms. The van der Waals surface area contributed by atoms with E-state index in [1.54, 1.807) is 54.6 Å². The minimum absolute atomic E-state index is 0.194. The molecule has 1 N–H and O–H groups in total. The van der Waals surface area contributed by atoms with Crippen LogP contribution in [0.2, 0.25) is 0 Å². The van der Waals surface area contributed by atoms with E-state index >= 15 is 0 Å². The molecule has 0 aromatic heterocycles. The molecular weight excluding hydrogens is 434 g/mol. The Morgan fingerprint density at radius 3 is 2.27 bits per heavy atom. The number of anilines is 1. The fourth-order valence-corrected chi connectivity index (χ4v) is 5.25. The Kier molecular flexibility index (Phi) is 7.11. The van der Waals surface area contributed by atoms with Crippen molar-refractivity contribution in [2.24, 2.45) is 0 Å². The van der Waals surface area contributed by atoms with E-state index in [1.165, 1.54) is 29.8 Å². The van der Waals surface area contributed by atoms with Gasteiger partial charge in [0.05, 0.1) is 10.6 Å². The summed E-state index contributed by atoms with van der Waals surface area (Å²) in [7, 11) is -2.15. The zero-order valence-corrected chi connectivity index (χ0v) is 19.6. The van der Waals surface area contributed by atoms with Gasteiger partial charge in [0.2, 0.25) is 0 Å². The normalized spacial score (nSPS) is 14.2. The van der Waals surface area contributed by atoms with Crippen molar-refractivity contribution in [3.63, 3.8) is 0 Å². The summed E-state index contributed by atoms with van der Waals surface area (Å²) in [5.41, 5.74) is 3.29.